The van der Waals surface area contributed by atoms with E-state index in [2.05, 4.69) is 0 Å². The summed E-state index contributed by atoms with van der Waals surface area (Å²) in [5, 5.41) is 8.92. The molecule has 7 heteroatoms. The standard InChI is InChI=1S/C20H18F3NO3/c21-20(22,23)17-4-2-1-3-15(17)12-24(16-9-10-16)18(25)11-13-5-7-14(8-6-13)19(26)27/h1-8,16H,9-12H2,(H,26,27). The summed E-state index contributed by atoms with van der Waals surface area (Å²) in [6, 6.07) is 11.2. The Morgan fingerprint density at radius 1 is 1.04 bits per heavy atom. The van der Waals surface area contributed by atoms with E-state index in [4.69, 9.17) is 5.11 Å². The van der Waals surface area contributed by atoms with Gasteiger partial charge in [0, 0.05) is 12.6 Å². The quantitative estimate of drug-likeness (QED) is 0.823. The Balaban J connectivity index is 1.76. The van der Waals surface area contributed by atoms with E-state index in [1.165, 1.54) is 35.2 Å². The molecule has 0 unspecified atom stereocenters. The van der Waals surface area contributed by atoms with Gasteiger partial charge in [0.05, 0.1) is 17.5 Å². The van der Waals surface area contributed by atoms with E-state index in [1.54, 1.807) is 12.1 Å². The first kappa shape index (κ1) is 18.9. The van der Waals surface area contributed by atoms with E-state index in [9.17, 15) is 22.8 Å². The molecule has 1 fully saturated rings. The Labute approximate surface area is 154 Å². The number of carboxylic acid groups (broad SMARTS) is 1. The number of hydrogen-bond acceptors (Lipinski definition) is 2. The number of rotatable bonds is 6. The SMILES string of the molecule is O=C(O)c1ccc(CC(=O)N(Cc2ccccc2C(F)(F)F)C2CC2)cc1. The fraction of sp³-hybridized carbons (Fsp3) is 0.300. The van der Waals surface area contributed by atoms with Gasteiger partial charge in [0.1, 0.15) is 0 Å². The van der Waals surface area contributed by atoms with Crippen molar-refractivity contribution in [2.45, 2.75) is 38.0 Å². The maximum atomic E-state index is 13.2. The van der Waals surface area contributed by atoms with Gasteiger partial charge in [0.25, 0.3) is 0 Å². The van der Waals surface area contributed by atoms with E-state index in [1.807, 2.05) is 0 Å². The molecule has 1 amide bonds. The van der Waals surface area contributed by atoms with E-state index < -0.39 is 17.7 Å². The molecule has 4 nitrogen and oxygen atoms in total. The van der Waals surface area contributed by atoms with Crippen LogP contribution in [0, 0.1) is 0 Å². The zero-order valence-electron chi connectivity index (χ0n) is 14.4. The predicted octanol–water partition coefficient (Wildman–Crippen LogP) is 4.14. The third kappa shape index (κ3) is 4.67. The number of carbonyl (C=O) groups is 2. The van der Waals surface area contributed by atoms with Crippen molar-refractivity contribution < 1.29 is 27.9 Å². The van der Waals surface area contributed by atoms with Gasteiger partial charge in [0.2, 0.25) is 5.91 Å². The highest BCUT2D eigenvalue weighted by Crippen LogP contribution is 2.35. The number of nitrogens with zero attached hydrogens (tertiary/aromatic N) is 1. The minimum Gasteiger partial charge on any atom is -0.478 e. The van der Waals surface area contributed by atoms with E-state index in [0.717, 1.165) is 18.9 Å². The lowest BCUT2D eigenvalue weighted by atomic mass is 10.1. The van der Waals surface area contributed by atoms with Gasteiger partial charge in [-0.15, -0.1) is 0 Å². The molecule has 0 aromatic heterocycles. The minimum atomic E-state index is -4.47. The summed E-state index contributed by atoms with van der Waals surface area (Å²) >= 11 is 0. The van der Waals surface area contributed by atoms with Gasteiger partial charge in [-0.05, 0) is 42.2 Å². The largest absolute Gasteiger partial charge is 0.478 e. The monoisotopic (exact) mass is 377 g/mol. The second-order valence-electron chi connectivity index (χ2n) is 6.59. The van der Waals surface area contributed by atoms with E-state index in [-0.39, 0.29) is 36.0 Å². The normalized spacial score (nSPS) is 14.0. The molecule has 0 radical (unpaired) electrons. The molecule has 2 aromatic rings. The van der Waals surface area contributed by atoms with Gasteiger partial charge < -0.3 is 10.0 Å². The highest BCUT2D eigenvalue weighted by Gasteiger charge is 2.36. The summed E-state index contributed by atoms with van der Waals surface area (Å²) in [6.07, 6.45) is -2.90. The van der Waals surface area contributed by atoms with Crippen LogP contribution in [0.2, 0.25) is 0 Å². The Morgan fingerprint density at radius 2 is 1.67 bits per heavy atom. The molecular weight excluding hydrogens is 359 g/mol. The summed E-state index contributed by atoms with van der Waals surface area (Å²) in [5.74, 6) is -1.33. The lowest BCUT2D eigenvalue weighted by Gasteiger charge is -2.24. The van der Waals surface area contributed by atoms with Crippen molar-refractivity contribution in [3.05, 3.63) is 70.8 Å². The lowest BCUT2D eigenvalue weighted by Crippen LogP contribution is -2.34. The summed E-state index contributed by atoms with van der Waals surface area (Å²) in [7, 11) is 0. The second kappa shape index (κ2) is 7.42. The van der Waals surface area contributed by atoms with Crippen molar-refractivity contribution >= 4 is 11.9 Å². The molecule has 0 aliphatic heterocycles. The Hall–Kier alpha value is -2.83. The lowest BCUT2D eigenvalue weighted by molar-refractivity contribution is -0.140. The number of carboxylic acids is 1. The number of hydrogen-bond donors (Lipinski definition) is 1. The molecule has 1 N–H and O–H groups in total. The first-order chi connectivity index (χ1) is 12.8. The van der Waals surface area contributed by atoms with Gasteiger partial charge >= 0.3 is 12.1 Å². The number of carbonyl (C=O) groups excluding carboxylic acids is 1. The maximum Gasteiger partial charge on any atom is 0.416 e. The average molecular weight is 377 g/mol. The van der Waals surface area contributed by atoms with E-state index in [0.29, 0.717) is 5.56 Å². The molecule has 1 aliphatic rings. The van der Waals surface area contributed by atoms with Gasteiger partial charge in [-0.1, -0.05) is 30.3 Å². The maximum absolute atomic E-state index is 13.2. The Kier molecular flexibility index (Phi) is 5.21. The molecule has 0 heterocycles. The van der Waals surface area contributed by atoms with Gasteiger partial charge in [-0.25, -0.2) is 4.79 Å². The fourth-order valence-electron chi connectivity index (χ4n) is 2.97. The van der Waals surface area contributed by atoms with Crippen molar-refractivity contribution in [2.75, 3.05) is 0 Å². The number of aromatic carboxylic acids is 1. The van der Waals surface area contributed by atoms with Crippen LogP contribution in [0.25, 0.3) is 0 Å². The molecule has 0 spiro atoms. The number of amides is 1. The zero-order valence-corrected chi connectivity index (χ0v) is 14.4. The Morgan fingerprint density at radius 3 is 2.22 bits per heavy atom. The molecule has 1 saturated carbocycles. The van der Waals surface area contributed by atoms with Crippen LogP contribution in [0.4, 0.5) is 13.2 Å². The van der Waals surface area contributed by atoms with Crippen molar-refractivity contribution in [1.82, 2.24) is 4.90 Å². The molecule has 0 bridgehead atoms. The number of benzene rings is 2. The van der Waals surface area contributed by atoms with Crippen LogP contribution in [0.15, 0.2) is 48.5 Å². The van der Waals surface area contributed by atoms with Gasteiger partial charge in [0.15, 0.2) is 0 Å². The van der Waals surface area contributed by atoms with Crippen LogP contribution in [0.3, 0.4) is 0 Å². The first-order valence-corrected chi connectivity index (χ1v) is 8.52. The summed E-state index contributed by atoms with van der Waals surface area (Å²) in [4.78, 5) is 25.1. The fourth-order valence-corrected chi connectivity index (χ4v) is 2.97. The molecule has 142 valence electrons. The third-order valence-corrected chi connectivity index (χ3v) is 4.53. The van der Waals surface area contributed by atoms with Crippen LogP contribution in [-0.4, -0.2) is 27.9 Å². The van der Waals surface area contributed by atoms with Crippen molar-refractivity contribution in [1.29, 1.82) is 0 Å². The summed E-state index contributed by atoms with van der Waals surface area (Å²) in [5.41, 5.74) is 0.0878. The second-order valence-corrected chi connectivity index (χ2v) is 6.59. The molecule has 3 rings (SSSR count). The van der Waals surface area contributed by atoms with Crippen LogP contribution >= 0.6 is 0 Å². The smallest absolute Gasteiger partial charge is 0.416 e. The topological polar surface area (TPSA) is 57.6 Å². The predicted molar refractivity (Wildman–Crippen MR) is 92.1 cm³/mol. The van der Waals surface area contributed by atoms with Gasteiger partial charge in [-0.3, -0.25) is 4.79 Å². The first-order valence-electron chi connectivity index (χ1n) is 8.52. The van der Waals surface area contributed by atoms with Crippen LogP contribution in [-0.2, 0) is 23.9 Å². The van der Waals surface area contributed by atoms with Crippen LogP contribution in [0.1, 0.15) is 39.9 Å². The summed E-state index contributed by atoms with van der Waals surface area (Å²) in [6.45, 7) is -0.0909. The molecular formula is C20H18F3NO3. The highest BCUT2D eigenvalue weighted by atomic mass is 19.4. The average Bonchev–Trinajstić information content (AvgIpc) is 3.44. The van der Waals surface area contributed by atoms with Crippen LogP contribution in [0.5, 0.6) is 0 Å². The van der Waals surface area contributed by atoms with Crippen molar-refractivity contribution in [3.63, 3.8) is 0 Å². The van der Waals surface area contributed by atoms with Crippen molar-refractivity contribution in [2.24, 2.45) is 0 Å². The summed E-state index contributed by atoms with van der Waals surface area (Å²) < 4.78 is 39.6. The molecule has 0 saturated heterocycles. The highest BCUT2D eigenvalue weighted by molar-refractivity contribution is 5.87. The third-order valence-electron chi connectivity index (χ3n) is 4.53. The van der Waals surface area contributed by atoms with E-state index >= 15 is 0 Å². The Bertz CT molecular complexity index is 842. The zero-order chi connectivity index (χ0) is 19.6. The van der Waals surface area contributed by atoms with Crippen molar-refractivity contribution in [3.8, 4) is 0 Å². The number of alkyl halides is 3. The molecule has 27 heavy (non-hydrogen) atoms. The minimum absolute atomic E-state index is 0.0184. The molecule has 0 atom stereocenters. The van der Waals surface area contributed by atoms with Gasteiger partial charge in [-0.2, -0.15) is 13.2 Å². The molecule has 2 aromatic carbocycles. The van der Waals surface area contributed by atoms with Crippen LogP contribution < -0.4 is 0 Å². The molecule has 1 aliphatic carbocycles. The number of halogens is 3.